The van der Waals surface area contributed by atoms with Gasteiger partial charge in [0.25, 0.3) is 0 Å². The van der Waals surface area contributed by atoms with E-state index in [2.05, 4.69) is 21.2 Å². The summed E-state index contributed by atoms with van der Waals surface area (Å²) in [6, 6.07) is 5.71. The zero-order valence-corrected chi connectivity index (χ0v) is 11.7. The molecular weight excluding hydrogens is 282 g/mol. The third-order valence-corrected chi connectivity index (χ3v) is 2.97. The summed E-state index contributed by atoms with van der Waals surface area (Å²) in [6.07, 6.45) is 3.22. The second kappa shape index (κ2) is 6.45. The second-order valence-corrected chi connectivity index (χ2v) is 4.48. The number of methoxy groups -OCH3 is 1. The van der Waals surface area contributed by atoms with Crippen LogP contribution >= 0.6 is 15.9 Å². The molecule has 1 rings (SSSR count). The summed E-state index contributed by atoms with van der Waals surface area (Å²) in [5, 5.41) is 2.87. The highest BCUT2D eigenvalue weighted by Gasteiger charge is 2.09. The Kier molecular flexibility index (Phi) is 5.22. The minimum absolute atomic E-state index is 0.0408. The van der Waals surface area contributed by atoms with E-state index in [0.29, 0.717) is 0 Å². The van der Waals surface area contributed by atoms with Gasteiger partial charge in [-0.1, -0.05) is 12.1 Å². The SMILES string of the molecule is CC=CC(=O)NC(C)c1ccc(OC)c(Br)c1. The van der Waals surface area contributed by atoms with Crippen molar-refractivity contribution in [1.29, 1.82) is 0 Å². The summed E-state index contributed by atoms with van der Waals surface area (Å²) < 4.78 is 6.03. The molecule has 17 heavy (non-hydrogen) atoms. The van der Waals surface area contributed by atoms with E-state index in [1.54, 1.807) is 13.2 Å². The summed E-state index contributed by atoms with van der Waals surface area (Å²) in [7, 11) is 1.62. The van der Waals surface area contributed by atoms with Crippen LogP contribution in [0.5, 0.6) is 5.75 Å². The first kappa shape index (κ1) is 13.8. The van der Waals surface area contributed by atoms with E-state index in [1.165, 1.54) is 6.08 Å². The molecule has 0 aliphatic carbocycles. The number of carbonyl (C=O) groups excluding carboxylic acids is 1. The van der Waals surface area contributed by atoms with E-state index < -0.39 is 0 Å². The lowest BCUT2D eigenvalue weighted by Gasteiger charge is -2.14. The molecule has 1 atom stereocenters. The Hall–Kier alpha value is -1.29. The number of hydrogen-bond donors (Lipinski definition) is 1. The van der Waals surface area contributed by atoms with Gasteiger partial charge in [0.1, 0.15) is 5.75 Å². The first-order valence-corrected chi connectivity index (χ1v) is 6.14. The number of ether oxygens (including phenoxy) is 1. The van der Waals surface area contributed by atoms with E-state index in [-0.39, 0.29) is 11.9 Å². The molecule has 0 saturated heterocycles. The zero-order valence-electron chi connectivity index (χ0n) is 10.2. The van der Waals surface area contributed by atoms with E-state index in [0.717, 1.165) is 15.8 Å². The Morgan fingerprint density at radius 1 is 1.53 bits per heavy atom. The van der Waals surface area contributed by atoms with E-state index in [4.69, 9.17) is 4.74 Å². The highest BCUT2D eigenvalue weighted by molar-refractivity contribution is 9.10. The number of carbonyl (C=O) groups is 1. The number of rotatable bonds is 4. The van der Waals surface area contributed by atoms with E-state index >= 15 is 0 Å². The molecule has 0 aliphatic heterocycles. The fourth-order valence-electron chi connectivity index (χ4n) is 1.45. The minimum atomic E-state index is -0.0908. The van der Waals surface area contributed by atoms with Crippen LogP contribution in [0.4, 0.5) is 0 Å². The van der Waals surface area contributed by atoms with Crippen molar-refractivity contribution in [3.8, 4) is 5.75 Å². The van der Waals surface area contributed by atoms with Gasteiger partial charge in [0.15, 0.2) is 0 Å². The number of benzene rings is 1. The topological polar surface area (TPSA) is 38.3 Å². The van der Waals surface area contributed by atoms with Crippen LogP contribution in [0.1, 0.15) is 25.5 Å². The molecule has 92 valence electrons. The maximum Gasteiger partial charge on any atom is 0.244 e. The monoisotopic (exact) mass is 297 g/mol. The lowest BCUT2D eigenvalue weighted by Crippen LogP contribution is -2.24. The summed E-state index contributed by atoms with van der Waals surface area (Å²) in [5.74, 6) is 0.688. The normalized spacial score (nSPS) is 12.5. The highest BCUT2D eigenvalue weighted by atomic mass is 79.9. The molecule has 3 nitrogen and oxygen atoms in total. The minimum Gasteiger partial charge on any atom is -0.496 e. The van der Waals surface area contributed by atoms with Crippen molar-refractivity contribution in [1.82, 2.24) is 5.32 Å². The number of amides is 1. The van der Waals surface area contributed by atoms with Crippen LogP contribution in [0.3, 0.4) is 0 Å². The molecule has 1 aromatic carbocycles. The Morgan fingerprint density at radius 3 is 2.76 bits per heavy atom. The van der Waals surface area contributed by atoms with Crippen molar-refractivity contribution in [2.75, 3.05) is 7.11 Å². The fourth-order valence-corrected chi connectivity index (χ4v) is 2.01. The molecule has 4 heteroatoms. The van der Waals surface area contributed by atoms with Crippen LogP contribution in [-0.4, -0.2) is 13.0 Å². The number of allylic oxidation sites excluding steroid dienone is 1. The van der Waals surface area contributed by atoms with Gasteiger partial charge in [-0.25, -0.2) is 0 Å². The molecule has 0 spiro atoms. The molecular formula is C13H16BrNO2. The summed E-state index contributed by atoms with van der Waals surface area (Å²) in [4.78, 5) is 11.4. The average Bonchev–Trinajstić information content (AvgIpc) is 2.29. The van der Waals surface area contributed by atoms with Gasteiger partial charge in [-0.05, 0) is 53.5 Å². The van der Waals surface area contributed by atoms with Crippen LogP contribution in [0.2, 0.25) is 0 Å². The van der Waals surface area contributed by atoms with Crippen molar-refractivity contribution in [2.45, 2.75) is 19.9 Å². The predicted molar refractivity (Wildman–Crippen MR) is 72.1 cm³/mol. The number of halogens is 1. The molecule has 0 saturated carbocycles. The van der Waals surface area contributed by atoms with Crippen molar-refractivity contribution >= 4 is 21.8 Å². The molecule has 0 radical (unpaired) electrons. The molecule has 0 heterocycles. The van der Waals surface area contributed by atoms with Crippen LogP contribution in [0.15, 0.2) is 34.8 Å². The summed E-state index contributed by atoms with van der Waals surface area (Å²) in [5.41, 5.74) is 1.02. The number of hydrogen-bond acceptors (Lipinski definition) is 2. The molecule has 1 amide bonds. The maximum absolute atomic E-state index is 11.4. The van der Waals surface area contributed by atoms with Gasteiger partial charge in [0, 0.05) is 0 Å². The van der Waals surface area contributed by atoms with Gasteiger partial charge >= 0.3 is 0 Å². The van der Waals surface area contributed by atoms with E-state index in [1.807, 2.05) is 32.0 Å². The lowest BCUT2D eigenvalue weighted by atomic mass is 10.1. The molecule has 1 N–H and O–H groups in total. The third-order valence-electron chi connectivity index (χ3n) is 2.35. The second-order valence-electron chi connectivity index (χ2n) is 3.62. The van der Waals surface area contributed by atoms with E-state index in [9.17, 15) is 4.79 Å². The number of nitrogens with one attached hydrogen (secondary N) is 1. The lowest BCUT2D eigenvalue weighted by molar-refractivity contribution is -0.117. The predicted octanol–water partition coefficient (Wildman–Crippen LogP) is 3.21. The van der Waals surface area contributed by atoms with Crippen LogP contribution < -0.4 is 10.1 Å². The van der Waals surface area contributed by atoms with Crippen LogP contribution in [0, 0.1) is 0 Å². The molecule has 1 aromatic rings. The average molecular weight is 298 g/mol. The van der Waals surface area contributed by atoms with Gasteiger partial charge in [-0.3, -0.25) is 4.79 Å². The summed E-state index contributed by atoms with van der Waals surface area (Å²) in [6.45, 7) is 3.75. The molecule has 0 aliphatic rings. The van der Waals surface area contributed by atoms with Gasteiger partial charge in [-0.2, -0.15) is 0 Å². The van der Waals surface area contributed by atoms with Crippen molar-refractivity contribution in [2.24, 2.45) is 0 Å². The molecule has 1 unspecified atom stereocenters. The fraction of sp³-hybridized carbons (Fsp3) is 0.308. The van der Waals surface area contributed by atoms with Crippen molar-refractivity contribution in [3.05, 3.63) is 40.4 Å². The maximum atomic E-state index is 11.4. The molecule has 0 bridgehead atoms. The Morgan fingerprint density at radius 2 is 2.24 bits per heavy atom. The van der Waals surface area contributed by atoms with Crippen molar-refractivity contribution < 1.29 is 9.53 Å². The quantitative estimate of drug-likeness (QED) is 0.867. The largest absolute Gasteiger partial charge is 0.496 e. The van der Waals surface area contributed by atoms with Gasteiger partial charge in [-0.15, -0.1) is 0 Å². The Balaban J connectivity index is 2.79. The standard InChI is InChI=1S/C13H16BrNO2/c1-4-5-13(16)15-9(2)10-6-7-12(17-3)11(14)8-10/h4-9H,1-3H3,(H,15,16). The molecule has 0 aromatic heterocycles. The van der Waals surface area contributed by atoms with Crippen LogP contribution in [-0.2, 0) is 4.79 Å². The first-order valence-electron chi connectivity index (χ1n) is 5.35. The Bertz CT molecular complexity index is 429. The summed E-state index contributed by atoms with van der Waals surface area (Å²) >= 11 is 3.42. The van der Waals surface area contributed by atoms with Gasteiger partial charge in [0.2, 0.25) is 5.91 Å². The van der Waals surface area contributed by atoms with Crippen LogP contribution in [0.25, 0.3) is 0 Å². The first-order chi connectivity index (χ1) is 8.08. The van der Waals surface area contributed by atoms with Gasteiger partial charge < -0.3 is 10.1 Å². The Labute approximate surface area is 110 Å². The highest BCUT2D eigenvalue weighted by Crippen LogP contribution is 2.27. The van der Waals surface area contributed by atoms with Gasteiger partial charge in [0.05, 0.1) is 17.6 Å². The van der Waals surface area contributed by atoms with Crippen molar-refractivity contribution in [3.63, 3.8) is 0 Å². The third kappa shape index (κ3) is 3.89. The smallest absolute Gasteiger partial charge is 0.244 e. The molecule has 0 fully saturated rings. The zero-order chi connectivity index (χ0) is 12.8.